The smallest absolute Gasteiger partial charge is 0.0514 e. The van der Waals surface area contributed by atoms with Gasteiger partial charge in [-0.2, -0.15) is 0 Å². The maximum atomic E-state index is 3.98. The van der Waals surface area contributed by atoms with E-state index in [1.165, 1.54) is 82.6 Å². The van der Waals surface area contributed by atoms with Crippen LogP contribution in [-0.2, 0) is 6.42 Å². The molecular weight excluding hydrogens is 482 g/mol. The van der Waals surface area contributed by atoms with E-state index in [0.717, 1.165) is 41.4 Å². The summed E-state index contributed by atoms with van der Waals surface area (Å²) >= 11 is 0. The zero-order valence-electron chi connectivity index (χ0n) is 24.2. The van der Waals surface area contributed by atoms with Gasteiger partial charge in [0.15, 0.2) is 0 Å². The molecule has 1 aromatic rings. The van der Waals surface area contributed by atoms with E-state index in [-0.39, 0.29) is 0 Å². The summed E-state index contributed by atoms with van der Waals surface area (Å²) in [6, 6.07) is 7.43. The average Bonchev–Trinajstić information content (AvgIpc) is 3.03. The lowest BCUT2D eigenvalue weighted by Gasteiger charge is -2.57. The van der Waals surface area contributed by atoms with E-state index >= 15 is 0 Å². The first kappa shape index (κ1) is 25.2. The van der Waals surface area contributed by atoms with Gasteiger partial charge >= 0.3 is 0 Å². The normalized spacial score (nSPS) is 39.6. The Morgan fingerprint density at radius 1 is 0.725 bits per heavy atom. The van der Waals surface area contributed by atoms with Crippen molar-refractivity contribution in [2.45, 2.75) is 83.1 Å². The molecule has 1 nitrogen and oxygen atoms in total. The number of nitrogens with one attached hydrogen (secondary N) is 1. The standard InChI is InChI=1S/C39H47N/c1-2-12-28-24-29(21-20-26(28)10-1)38-33-15-5-7-17-35(33)39(36-18-8-6-16-34(36)38)30-22-23-37(40-25-30)32-19-9-13-27-11-3-4-14-31(27)32/h2-3,5,7-9,11-13,18-19,24-26,29,33-40H,1,4,6,10,14-17,20-23H2. The maximum absolute atomic E-state index is 3.98. The third-order valence-corrected chi connectivity index (χ3v) is 12.2. The molecule has 9 atom stereocenters. The van der Waals surface area contributed by atoms with Gasteiger partial charge in [-0.05, 0) is 153 Å². The van der Waals surface area contributed by atoms with Crippen LogP contribution in [0.15, 0.2) is 84.2 Å². The third-order valence-electron chi connectivity index (χ3n) is 12.2. The molecule has 7 aliphatic rings. The van der Waals surface area contributed by atoms with E-state index in [1.54, 1.807) is 22.3 Å². The van der Waals surface area contributed by atoms with Crippen molar-refractivity contribution in [3.63, 3.8) is 0 Å². The topological polar surface area (TPSA) is 12.0 Å². The quantitative estimate of drug-likeness (QED) is 0.384. The number of allylic oxidation sites excluding steroid dienone is 10. The molecule has 1 heterocycles. The molecule has 0 saturated heterocycles. The summed E-state index contributed by atoms with van der Waals surface area (Å²) in [5.41, 5.74) is 8.01. The number of hydrogen-bond acceptors (Lipinski definition) is 1. The van der Waals surface area contributed by atoms with Crippen LogP contribution in [0.1, 0.15) is 93.4 Å². The Labute approximate surface area is 242 Å². The van der Waals surface area contributed by atoms with Gasteiger partial charge < -0.3 is 5.32 Å². The minimum Gasteiger partial charge on any atom is -0.384 e. The Morgan fingerprint density at radius 2 is 1.62 bits per heavy atom. The molecule has 1 fully saturated rings. The first-order valence-corrected chi connectivity index (χ1v) is 16.8. The Morgan fingerprint density at radius 3 is 2.55 bits per heavy atom. The summed E-state index contributed by atoms with van der Waals surface area (Å²) in [5, 5.41) is 3.98. The SMILES string of the molecule is C1=Cc2cccc(C3CCC(C4C5C=CCCC5C(C5C=C6C=CCCC6CC5)C5CC=CCC54)=CN3)c2CC1. The molecule has 9 unspecified atom stereocenters. The van der Waals surface area contributed by atoms with Crippen LogP contribution in [0.5, 0.6) is 0 Å². The van der Waals surface area contributed by atoms with Gasteiger partial charge in [0, 0.05) is 0 Å². The Hall–Kier alpha value is -2.54. The molecule has 1 aromatic carbocycles. The fraction of sp³-hybridized carbons (Fsp3) is 0.538. The molecule has 0 radical (unpaired) electrons. The lowest BCUT2D eigenvalue weighted by molar-refractivity contribution is -0.0214. The molecule has 1 N–H and O–H groups in total. The fourth-order valence-electron chi connectivity index (χ4n) is 10.5. The summed E-state index contributed by atoms with van der Waals surface area (Å²) in [5.74, 6) is 6.43. The van der Waals surface area contributed by atoms with Gasteiger partial charge in [-0.1, -0.05) is 78.5 Å². The fourth-order valence-corrected chi connectivity index (χ4v) is 10.5. The van der Waals surface area contributed by atoms with Crippen LogP contribution in [0.25, 0.3) is 6.08 Å². The highest BCUT2D eigenvalue weighted by atomic mass is 14.9. The van der Waals surface area contributed by atoms with Crippen LogP contribution in [-0.4, -0.2) is 0 Å². The lowest BCUT2D eigenvalue weighted by Crippen LogP contribution is -2.50. The molecular formula is C39H47N. The summed E-state index contributed by atoms with van der Waals surface area (Å²) in [4.78, 5) is 0. The third kappa shape index (κ3) is 4.34. The zero-order valence-corrected chi connectivity index (χ0v) is 24.2. The molecule has 0 spiro atoms. The minimum atomic E-state index is 0.464. The predicted molar refractivity (Wildman–Crippen MR) is 167 cm³/mol. The molecule has 8 rings (SSSR count). The Balaban J connectivity index is 1.10. The van der Waals surface area contributed by atoms with E-state index in [9.17, 15) is 0 Å². The van der Waals surface area contributed by atoms with Crippen LogP contribution in [0, 0.1) is 47.3 Å². The number of fused-ring (bicyclic) bond motifs is 4. The molecule has 40 heavy (non-hydrogen) atoms. The van der Waals surface area contributed by atoms with E-state index in [0.29, 0.717) is 12.0 Å². The lowest BCUT2D eigenvalue weighted by atomic mass is 9.48. The van der Waals surface area contributed by atoms with Gasteiger partial charge in [0.1, 0.15) is 0 Å². The molecule has 208 valence electrons. The van der Waals surface area contributed by atoms with Crippen molar-refractivity contribution in [3.8, 4) is 0 Å². The zero-order chi connectivity index (χ0) is 26.5. The van der Waals surface area contributed by atoms with Gasteiger partial charge in [0.05, 0.1) is 6.04 Å². The summed E-state index contributed by atoms with van der Waals surface area (Å²) in [7, 11) is 0. The Bertz CT molecular complexity index is 1300. The minimum absolute atomic E-state index is 0.464. The maximum Gasteiger partial charge on any atom is 0.0514 e. The van der Waals surface area contributed by atoms with Crippen molar-refractivity contribution in [2.75, 3.05) is 0 Å². The van der Waals surface area contributed by atoms with Crippen LogP contribution in [0.2, 0.25) is 0 Å². The highest BCUT2D eigenvalue weighted by Crippen LogP contribution is 2.59. The molecule has 0 amide bonds. The van der Waals surface area contributed by atoms with E-state index in [2.05, 4.69) is 84.4 Å². The van der Waals surface area contributed by atoms with Crippen LogP contribution >= 0.6 is 0 Å². The number of rotatable bonds is 3. The van der Waals surface area contributed by atoms with Crippen molar-refractivity contribution in [1.29, 1.82) is 0 Å². The Kier molecular flexibility index (Phi) is 6.74. The van der Waals surface area contributed by atoms with Gasteiger partial charge in [-0.15, -0.1) is 0 Å². The van der Waals surface area contributed by atoms with Gasteiger partial charge in [-0.3, -0.25) is 0 Å². The van der Waals surface area contributed by atoms with Crippen molar-refractivity contribution >= 4 is 6.08 Å². The van der Waals surface area contributed by atoms with Crippen molar-refractivity contribution in [1.82, 2.24) is 5.32 Å². The van der Waals surface area contributed by atoms with Crippen molar-refractivity contribution in [2.24, 2.45) is 47.3 Å². The number of hydrogen-bond donors (Lipinski definition) is 1. The van der Waals surface area contributed by atoms with Crippen molar-refractivity contribution < 1.29 is 0 Å². The molecule has 0 bridgehead atoms. The molecule has 0 aromatic heterocycles. The first-order chi connectivity index (χ1) is 19.8. The van der Waals surface area contributed by atoms with Gasteiger partial charge in [-0.25, -0.2) is 0 Å². The molecule has 6 aliphatic carbocycles. The highest BCUT2D eigenvalue weighted by Gasteiger charge is 2.52. The number of benzene rings is 1. The van der Waals surface area contributed by atoms with E-state index in [4.69, 9.17) is 0 Å². The van der Waals surface area contributed by atoms with Crippen molar-refractivity contribution in [3.05, 3.63) is 101 Å². The first-order valence-electron chi connectivity index (χ1n) is 16.8. The monoisotopic (exact) mass is 529 g/mol. The molecule has 1 heteroatoms. The second-order valence-corrected chi connectivity index (χ2v) is 14.0. The summed E-state index contributed by atoms with van der Waals surface area (Å²) in [6.45, 7) is 0. The summed E-state index contributed by atoms with van der Waals surface area (Å²) < 4.78 is 0. The second kappa shape index (κ2) is 10.7. The van der Waals surface area contributed by atoms with E-state index in [1.807, 2.05) is 0 Å². The summed E-state index contributed by atoms with van der Waals surface area (Å²) in [6.07, 6.45) is 41.0. The van der Waals surface area contributed by atoms with Gasteiger partial charge in [0.25, 0.3) is 0 Å². The average molecular weight is 530 g/mol. The van der Waals surface area contributed by atoms with Crippen LogP contribution in [0.3, 0.4) is 0 Å². The van der Waals surface area contributed by atoms with Gasteiger partial charge in [0.2, 0.25) is 0 Å². The highest BCUT2D eigenvalue weighted by molar-refractivity contribution is 5.59. The van der Waals surface area contributed by atoms with Crippen LogP contribution in [0.4, 0.5) is 0 Å². The molecule has 1 aliphatic heterocycles. The molecule has 1 saturated carbocycles. The predicted octanol–water partition coefficient (Wildman–Crippen LogP) is 9.67. The second-order valence-electron chi connectivity index (χ2n) is 14.0. The van der Waals surface area contributed by atoms with E-state index < -0.39 is 0 Å². The largest absolute Gasteiger partial charge is 0.384 e. The van der Waals surface area contributed by atoms with Crippen LogP contribution < -0.4 is 5.32 Å².